The molecule has 0 heterocycles. The number of hydrogen-bond acceptors (Lipinski definition) is 0. The Bertz CT molecular complexity index is 75.8. The molecule has 34 valence electrons. The topological polar surface area (TPSA) is 19.9 Å². The molecular weight excluding hydrogens is 146 g/mol. The van der Waals surface area contributed by atoms with Crippen LogP contribution in [-0.4, -0.2) is 3.79 Å². The molecule has 0 radical (unpaired) electrons. The Balaban J connectivity index is 3.55. The molecule has 0 unspecified atom stereocenters. The molecule has 0 aliphatic rings. The first-order valence-electron chi connectivity index (χ1n) is 1.02. The van der Waals surface area contributed by atoms with Gasteiger partial charge < -0.3 is 0 Å². The average Bonchev–Trinajstić information content (AvgIpc) is 1.35. The van der Waals surface area contributed by atoms with Crippen LogP contribution in [0, 0.1) is 6.15 Å². The molecule has 0 aromatic rings. The molecular formula is C2Cl3O+. The van der Waals surface area contributed by atoms with Crippen molar-refractivity contribution >= 4 is 34.8 Å². The Hall–Kier alpha value is 0.610. The summed E-state index contributed by atoms with van der Waals surface area (Å²) in [5, 5.41) is 0. The van der Waals surface area contributed by atoms with Crippen LogP contribution in [0.3, 0.4) is 0 Å². The Kier molecular flexibility index (Phi) is 2.27. The first kappa shape index (κ1) is 6.61. The second-order valence-electron chi connectivity index (χ2n) is 0.600. The summed E-state index contributed by atoms with van der Waals surface area (Å²) in [6, 6.07) is 0. The molecule has 0 amide bonds. The van der Waals surface area contributed by atoms with Gasteiger partial charge in [0.05, 0.1) is 0 Å². The number of hydrogen-bond donors (Lipinski definition) is 0. The van der Waals surface area contributed by atoms with Crippen molar-refractivity contribution in [2.24, 2.45) is 0 Å². The normalized spacial score (nSPS) is 10.3. The van der Waals surface area contributed by atoms with Gasteiger partial charge in [-0.15, -0.1) is 0 Å². The predicted molar refractivity (Wildman–Crippen MR) is 24.9 cm³/mol. The fourth-order valence-corrected chi connectivity index (χ4v) is 0. The minimum atomic E-state index is -1.85. The van der Waals surface area contributed by atoms with Gasteiger partial charge in [-0.2, -0.15) is 0 Å². The van der Waals surface area contributed by atoms with Crippen LogP contribution in [0.25, 0.3) is 0 Å². The van der Waals surface area contributed by atoms with Gasteiger partial charge >= 0.3 is 49.4 Å². The van der Waals surface area contributed by atoms with E-state index in [4.69, 9.17) is 34.8 Å². The van der Waals surface area contributed by atoms with Crippen LogP contribution in [0.15, 0.2) is 0 Å². The van der Waals surface area contributed by atoms with Crippen molar-refractivity contribution in [3.05, 3.63) is 0 Å². The SMILES string of the molecule is [O+]#CC(Cl)(Cl)Cl. The van der Waals surface area contributed by atoms with Crippen molar-refractivity contribution in [2.75, 3.05) is 0 Å². The molecule has 0 rings (SSSR count). The van der Waals surface area contributed by atoms with Gasteiger partial charge in [0.2, 0.25) is 0 Å². The third kappa shape index (κ3) is 4.61. The third-order valence-corrected chi connectivity index (χ3v) is 0.347. The van der Waals surface area contributed by atoms with E-state index in [0.29, 0.717) is 0 Å². The molecule has 0 aliphatic heterocycles. The van der Waals surface area contributed by atoms with Gasteiger partial charge in [-0.1, -0.05) is 0 Å². The predicted octanol–water partition coefficient (Wildman–Crippen LogP) is 1.75. The fraction of sp³-hybridized carbons (Fsp3) is 0.500. The monoisotopic (exact) mass is 145 g/mol. The van der Waals surface area contributed by atoms with E-state index in [1.54, 1.807) is 0 Å². The zero-order valence-electron chi connectivity index (χ0n) is 2.54. The Morgan fingerprint density at radius 3 is 1.50 bits per heavy atom. The van der Waals surface area contributed by atoms with Gasteiger partial charge in [0, 0.05) is 0 Å². The van der Waals surface area contributed by atoms with Gasteiger partial charge in [0.15, 0.2) is 0 Å². The van der Waals surface area contributed by atoms with E-state index in [-0.39, 0.29) is 0 Å². The summed E-state index contributed by atoms with van der Waals surface area (Å²) in [6.45, 7) is 0. The number of rotatable bonds is 0. The van der Waals surface area contributed by atoms with Crippen LogP contribution in [0.1, 0.15) is 0 Å². The molecule has 0 atom stereocenters. The van der Waals surface area contributed by atoms with E-state index in [0.717, 1.165) is 6.15 Å². The first-order valence-corrected chi connectivity index (χ1v) is 2.15. The second-order valence-corrected chi connectivity index (χ2v) is 2.88. The van der Waals surface area contributed by atoms with Crippen LogP contribution < -0.4 is 0 Å². The van der Waals surface area contributed by atoms with Crippen molar-refractivity contribution in [2.45, 2.75) is 3.79 Å². The molecule has 6 heavy (non-hydrogen) atoms. The summed E-state index contributed by atoms with van der Waals surface area (Å²) >= 11 is 14.5. The molecule has 0 fully saturated rings. The minimum absolute atomic E-state index is 1.15. The van der Waals surface area contributed by atoms with E-state index in [1.165, 1.54) is 0 Å². The molecule has 0 N–H and O–H groups in total. The molecule has 0 saturated heterocycles. The van der Waals surface area contributed by atoms with Crippen molar-refractivity contribution in [3.63, 3.8) is 0 Å². The zero-order valence-corrected chi connectivity index (χ0v) is 4.81. The molecule has 0 aromatic heterocycles. The molecule has 0 aromatic carbocycles. The molecule has 0 spiro atoms. The fourth-order valence-electron chi connectivity index (χ4n) is 0. The summed E-state index contributed by atoms with van der Waals surface area (Å²) in [5.74, 6) is 0. The molecule has 0 aliphatic carbocycles. The Morgan fingerprint density at radius 1 is 1.33 bits per heavy atom. The van der Waals surface area contributed by atoms with Gasteiger partial charge in [-0.25, -0.2) is 0 Å². The van der Waals surface area contributed by atoms with E-state index in [2.05, 4.69) is 0 Å². The van der Waals surface area contributed by atoms with E-state index in [9.17, 15) is 4.65 Å². The van der Waals surface area contributed by atoms with Gasteiger partial charge in [0.1, 0.15) is 0 Å². The van der Waals surface area contributed by atoms with Crippen molar-refractivity contribution in [1.82, 2.24) is 0 Å². The van der Waals surface area contributed by atoms with Crippen LogP contribution >= 0.6 is 34.8 Å². The molecule has 1 nitrogen and oxygen atoms in total. The summed E-state index contributed by atoms with van der Waals surface area (Å²) in [6.07, 6.45) is 1.15. The molecule has 0 bridgehead atoms. The standard InChI is InChI=1S/C2Cl3O/c3-2(4,5)1-6/q+1. The summed E-state index contributed by atoms with van der Waals surface area (Å²) < 4.78 is 7.46. The summed E-state index contributed by atoms with van der Waals surface area (Å²) in [4.78, 5) is 0. The average molecular weight is 146 g/mol. The molecule has 0 saturated carbocycles. The van der Waals surface area contributed by atoms with E-state index < -0.39 is 3.79 Å². The Labute approximate surface area is 49.9 Å². The second kappa shape index (κ2) is 2.06. The maximum absolute atomic E-state index is 9.31. The van der Waals surface area contributed by atoms with Gasteiger partial charge in [-0.05, 0) is 0 Å². The van der Waals surface area contributed by atoms with E-state index in [1.807, 2.05) is 0 Å². The van der Waals surface area contributed by atoms with Crippen LogP contribution in [0.4, 0.5) is 0 Å². The van der Waals surface area contributed by atoms with E-state index >= 15 is 0 Å². The number of alkyl halides is 3. The van der Waals surface area contributed by atoms with Crippen molar-refractivity contribution < 1.29 is 4.65 Å². The summed E-state index contributed by atoms with van der Waals surface area (Å²) in [7, 11) is 0. The van der Waals surface area contributed by atoms with Crippen LogP contribution in [0.5, 0.6) is 0 Å². The molecule has 4 heteroatoms. The summed E-state index contributed by atoms with van der Waals surface area (Å²) in [5.41, 5.74) is 0. The van der Waals surface area contributed by atoms with Gasteiger partial charge in [0.25, 0.3) is 0 Å². The Morgan fingerprint density at radius 2 is 1.50 bits per heavy atom. The first-order chi connectivity index (χ1) is 2.56. The maximum atomic E-state index is 9.31. The van der Waals surface area contributed by atoms with Crippen LogP contribution in [-0.2, 0) is 4.65 Å². The third-order valence-electron chi connectivity index (χ3n) is 0.116. The zero-order chi connectivity index (χ0) is 5.21. The van der Waals surface area contributed by atoms with Crippen molar-refractivity contribution in [3.8, 4) is 6.15 Å². The van der Waals surface area contributed by atoms with Gasteiger partial charge in [-0.3, -0.25) is 0 Å². The van der Waals surface area contributed by atoms with Crippen molar-refractivity contribution in [1.29, 1.82) is 0 Å². The van der Waals surface area contributed by atoms with Crippen LogP contribution in [0.2, 0.25) is 0 Å². The quantitative estimate of drug-likeness (QED) is 0.366. The number of halogens is 3.